The standard InChI is InChI=1S/C6H15NOS/c1-6(9-3)7-4-5-8-2/h6-7H,4-5H2,1-3H3. The second-order valence-electron chi connectivity index (χ2n) is 1.82. The Morgan fingerprint density at radius 3 is 2.78 bits per heavy atom. The van der Waals surface area contributed by atoms with Crippen LogP contribution in [0.2, 0.25) is 0 Å². The lowest BCUT2D eigenvalue weighted by Crippen LogP contribution is -2.26. The number of hydrogen-bond donors (Lipinski definition) is 1. The molecule has 0 aliphatic rings. The van der Waals surface area contributed by atoms with E-state index in [-0.39, 0.29) is 0 Å². The predicted molar refractivity (Wildman–Crippen MR) is 42.9 cm³/mol. The van der Waals surface area contributed by atoms with Gasteiger partial charge in [0.05, 0.1) is 12.0 Å². The minimum atomic E-state index is 0.542. The molecule has 0 aromatic heterocycles. The van der Waals surface area contributed by atoms with Crippen molar-refractivity contribution in [3.8, 4) is 0 Å². The Balaban J connectivity index is 2.88. The highest BCUT2D eigenvalue weighted by Crippen LogP contribution is 1.98. The van der Waals surface area contributed by atoms with E-state index in [1.54, 1.807) is 7.11 Å². The maximum atomic E-state index is 4.86. The van der Waals surface area contributed by atoms with Crippen LogP contribution in [0.15, 0.2) is 0 Å². The predicted octanol–water partition coefficient (Wildman–Crippen LogP) is 0.931. The fourth-order valence-corrected chi connectivity index (χ4v) is 0.732. The lowest BCUT2D eigenvalue weighted by Gasteiger charge is -2.08. The summed E-state index contributed by atoms with van der Waals surface area (Å²) in [5, 5.41) is 3.81. The smallest absolute Gasteiger partial charge is 0.0587 e. The van der Waals surface area contributed by atoms with Crippen LogP contribution in [0.4, 0.5) is 0 Å². The average molecular weight is 149 g/mol. The molecule has 0 radical (unpaired) electrons. The van der Waals surface area contributed by atoms with Gasteiger partial charge in [-0.25, -0.2) is 0 Å². The van der Waals surface area contributed by atoms with Gasteiger partial charge >= 0.3 is 0 Å². The van der Waals surface area contributed by atoms with E-state index < -0.39 is 0 Å². The lowest BCUT2D eigenvalue weighted by molar-refractivity contribution is 0.199. The van der Waals surface area contributed by atoms with E-state index in [4.69, 9.17) is 4.74 Å². The topological polar surface area (TPSA) is 21.3 Å². The van der Waals surface area contributed by atoms with Crippen LogP contribution in [0.3, 0.4) is 0 Å². The minimum Gasteiger partial charge on any atom is -0.383 e. The molecule has 0 saturated heterocycles. The van der Waals surface area contributed by atoms with Gasteiger partial charge in [0.25, 0.3) is 0 Å². The summed E-state index contributed by atoms with van der Waals surface area (Å²) in [4.78, 5) is 0. The molecule has 1 atom stereocenters. The molecule has 1 unspecified atom stereocenters. The van der Waals surface area contributed by atoms with Gasteiger partial charge in [0, 0.05) is 13.7 Å². The molecule has 0 aliphatic heterocycles. The summed E-state index contributed by atoms with van der Waals surface area (Å²) in [6, 6.07) is 0. The largest absolute Gasteiger partial charge is 0.383 e. The summed E-state index contributed by atoms with van der Waals surface area (Å²) in [6.45, 7) is 3.88. The molecule has 0 amide bonds. The zero-order valence-corrected chi connectivity index (χ0v) is 7.12. The van der Waals surface area contributed by atoms with Crippen LogP contribution in [-0.4, -0.2) is 31.9 Å². The first-order chi connectivity index (χ1) is 4.31. The van der Waals surface area contributed by atoms with Gasteiger partial charge in [0.1, 0.15) is 0 Å². The maximum absolute atomic E-state index is 4.86. The van der Waals surface area contributed by atoms with E-state index in [1.807, 2.05) is 11.8 Å². The second-order valence-corrected chi connectivity index (χ2v) is 3.00. The number of hydrogen-bond acceptors (Lipinski definition) is 3. The van der Waals surface area contributed by atoms with Crippen molar-refractivity contribution >= 4 is 11.8 Å². The summed E-state index contributed by atoms with van der Waals surface area (Å²) in [7, 11) is 1.71. The summed E-state index contributed by atoms with van der Waals surface area (Å²) in [6.07, 6.45) is 2.09. The Labute approximate surface area is 61.4 Å². The molecule has 3 heteroatoms. The monoisotopic (exact) mass is 149 g/mol. The van der Waals surface area contributed by atoms with Crippen LogP contribution in [0, 0.1) is 0 Å². The van der Waals surface area contributed by atoms with Crippen LogP contribution in [0.25, 0.3) is 0 Å². The normalized spacial score (nSPS) is 13.7. The van der Waals surface area contributed by atoms with Crippen molar-refractivity contribution in [2.24, 2.45) is 0 Å². The van der Waals surface area contributed by atoms with Crippen molar-refractivity contribution in [2.45, 2.75) is 12.3 Å². The zero-order valence-electron chi connectivity index (χ0n) is 6.31. The third-order valence-electron chi connectivity index (χ3n) is 1.09. The highest BCUT2D eigenvalue weighted by atomic mass is 32.2. The number of nitrogens with one attached hydrogen (secondary N) is 1. The van der Waals surface area contributed by atoms with Crippen LogP contribution in [-0.2, 0) is 4.74 Å². The van der Waals surface area contributed by atoms with Crippen LogP contribution in [0.5, 0.6) is 0 Å². The fourth-order valence-electron chi connectivity index (χ4n) is 0.448. The quantitative estimate of drug-likeness (QED) is 0.464. The Hall–Kier alpha value is 0.270. The lowest BCUT2D eigenvalue weighted by atomic mass is 10.6. The Morgan fingerprint density at radius 1 is 1.67 bits per heavy atom. The molecule has 0 saturated carbocycles. The van der Waals surface area contributed by atoms with Crippen LogP contribution < -0.4 is 5.32 Å². The highest BCUT2D eigenvalue weighted by Gasteiger charge is 1.93. The van der Waals surface area contributed by atoms with E-state index in [9.17, 15) is 0 Å². The van der Waals surface area contributed by atoms with Gasteiger partial charge in [0.2, 0.25) is 0 Å². The molecule has 0 bridgehead atoms. The first-order valence-electron chi connectivity index (χ1n) is 3.06. The first kappa shape index (κ1) is 9.27. The van der Waals surface area contributed by atoms with Gasteiger partial charge in [-0.2, -0.15) is 0 Å². The van der Waals surface area contributed by atoms with Gasteiger partial charge in [0.15, 0.2) is 0 Å². The van der Waals surface area contributed by atoms with E-state index in [0.29, 0.717) is 5.37 Å². The SMILES string of the molecule is COCCNC(C)SC. The van der Waals surface area contributed by atoms with Crippen LogP contribution in [0.1, 0.15) is 6.92 Å². The van der Waals surface area contributed by atoms with Crippen molar-refractivity contribution in [3.63, 3.8) is 0 Å². The average Bonchev–Trinajstić information content (AvgIpc) is 1.89. The van der Waals surface area contributed by atoms with Crippen molar-refractivity contribution in [3.05, 3.63) is 0 Å². The zero-order chi connectivity index (χ0) is 7.11. The first-order valence-corrected chi connectivity index (χ1v) is 4.35. The van der Waals surface area contributed by atoms with Crippen molar-refractivity contribution < 1.29 is 4.74 Å². The molecule has 0 aromatic carbocycles. The van der Waals surface area contributed by atoms with Crippen molar-refractivity contribution in [1.29, 1.82) is 0 Å². The summed E-state index contributed by atoms with van der Waals surface area (Å²) < 4.78 is 4.86. The molecule has 0 aliphatic carbocycles. The molecule has 0 spiro atoms. The third-order valence-corrected chi connectivity index (χ3v) is 1.97. The third kappa shape index (κ3) is 6.15. The van der Waals surface area contributed by atoms with E-state index in [0.717, 1.165) is 13.2 Å². The molecule has 0 fully saturated rings. The molecule has 9 heavy (non-hydrogen) atoms. The highest BCUT2D eigenvalue weighted by molar-refractivity contribution is 7.99. The second kappa shape index (κ2) is 6.39. The van der Waals surface area contributed by atoms with E-state index in [1.165, 1.54) is 0 Å². The maximum Gasteiger partial charge on any atom is 0.0587 e. The summed E-state index contributed by atoms with van der Waals surface area (Å²) in [5.41, 5.74) is 0. The summed E-state index contributed by atoms with van der Waals surface area (Å²) in [5.74, 6) is 0. The van der Waals surface area contributed by atoms with Crippen LogP contribution >= 0.6 is 11.8 Å². The number of methoxy groups -OCH3 is 1. The summed E-state index contributed by atoms with van der Waals surface area (Å²) >= 11 is 1.81. The number of thioether (sulfide) groups is 1. The molecule has 2 nitrogen and oxygen atoms in total. The molecular formula is C6H15NOS. The van der Waals surface area contributed by atoms with Gasteiger partial charge in [-0.3, -0.25) is 0 Å². The van der Waals surface area contributed by atoms with Gasteiger partial charge in [-0.15, -0.1) is 11.8 Å². The number of rotatable bonds is 5. The van der Waals surface area contributed by atoms with Gasteiger partial charge in [-0.05, 0) is 13.2 Å². The Kier molecular flexibility index (Phi) is 6.58. The molecule has 0 aromatic rings. The van der Waals surface area contributed by atoms with E-state index in [2.05, 4.69) is 18.5 Å². The van der Waals surface area contributed by atoms with Gasteiger partial charge in [-0.1, -0.05) is 0 Å². The molecule has 1 N–H and O–H groups in total. The molecule has 0 heterocycles. The fraction of sp³-hybridized carbons (Fsp3) is 1.00. The molecule has 56 valence electrons. The Morgan fingerprint density at radius 2 is 2.33 bits per heavy atom. The number of ether oxygens (including phenoxy) is 1. The van der Waals surface area contributed by atoms with Gasteiger partial charge < -0.3 is 10.1 Å². The van der Waals surface area contributed by atoms with Crippen molar-refractivity contribution in [1.82, 2.24) is 5.32 Å². The van der Waals surface area contributed by atoms with E-state index >= 15 is 0 Å². The van der Waals surface area contributed by atoms with Crippen molar-refractivity contribution in [2.75, 3.05) is 26.5 Å². The molecular weight excluding hydrogens is 134 g/mol. The molecule has 0 rings (SSSR count). The Bertz CT molecular complexity index is 61.0. The minimum absolute atomic E-state index is 0.542.